The zero-order valence-corrected chi connectivity index (χ0v) is 21.0. The predicted octanol–water partition coefficient (Wildman–Crippen LogP) is 3.52. The number of hydrogen-bond donors (Lipinski definition) is 2. The van der Waals surface area contributed by atoms with Crippen molar-refractivity contribution < 1.29 is 23.2 Å². The summed E-state index contributed by atoms with van der Waals surface area (Å²) in [5.41, 5.74) is 2.15. The van der Waals surface area contributed by atoms with Gasteiger partial charge in [-0.25, -0.2) is 14.3 Å². The van der Waals surface area contributed by atoms with E-state index in [-0.39, 0.29) is 55.2 Å². The topological polar surface area (TPSA) is 116 Å². The molecule has 0 fully saturated rings. The van der Waals surface area contributed by atoms with E-state index in [1.165, 1.54) is 23.3 Å². The Morgan fingerprint density at radius 1 is 1.00 bits per heavy atom. The van der Waals surface area contributed by atoms with Gasteiger partial charge in [-0.3, -0.25) is 19.4 Å². The number of nitrogens with one attached hydrogen (secondary N) is 2. The molecule has 38 heavy (non-hydrogen) atoms. The van der Waals surface area contributed by atoms with Gasteiger partial charge in [-0.2, -0.15) is 0 Å². The Kier molecular flexibility index (Phi) is 7.64. The average molecular weight is 534 g/mol. The van der Waals surface area contributed by atoms with Gasteiger partial charge < -0.3 is 15.1 Å². The summed E-state index contributed by atoms with van der Waals surface area (Å²) in [6, 6.07) is 16.0. The first-order valence-corrected chi connectivity index (χ1v) is 13.0. The summed E-state index contributed by atoms with van der Waals surface area (Å²) in [6.07, 6.45) is 1.85. The Morgan fingerprint density at radius 2 is 1.79 bits per heavy atom. The van der Waals surface area contributed by atoms with E-state index >= 15 is 0 Å². The molecule has 9 nitrogen and oxygen atoms in total. The summed E-state index contributed by atoms with van der Waals surface area (Å²) in [4.78, 5) is 48.9. The molecule has 2 aliphatic heterocycles. The quantitative estimate of drug-likeness (QED) is 0.437. The molecule has 0 bridgehead atoms. The van der Waals surface area contributed by atoms with Gasteiger partial charge in [0.05, 0.1) is 24.2 Å². The van der Waals surface area contributed by atoms with E-state index in [1.54, 1.807) is 24.3 Å². The Hall–Kier alpha value is -4.25. The van der Waals surface area contributed by atoms with Gasteiger partial charge in [-0.1, -0.05) is 36.0 Å². The highest BCUT2D eigenvalue weighted by Crippen LogP contribution is 2.34. The number of nitrogens with zero attached hydrogens (tertiary/aromatic N) is 3. The van der Waals surface area contributed by atoms with Gasteiger partial charge in [0.25, 0.3) is 5.91 Å². The lowest BCUT2D eigenvalue weighted by Crippen LogP contribution is -2.41. The molecule has 0 aliphatic carbocycles. The zero-order chi connectivity index (χ0) is 26.5. The van der Waals surface area contributed by atoms with Crippen molar-refractivity contribution in [2.45, 2.75) is 32.0 Å². The molecule has 1 aromatic heterocycles. The van der Waals surface area contributed by atoms with Gasteiger partial charge in [0.1, 0.15) is 23.5 Å². The van der Waals surface area contributed by atoms with Gasteiger partial charge in [0, 0.05) is 18.5 Å². The molecular formula is C27H24FN5O4S. The average Bonchev–Trinajstić information content (AvgIpc) is 3.57. The van der Waals surface area contributed by atoms with E-state index in [4.69, 9.17) is 4.42 Å². The van der Waals surface area contributed by atoms with E-state index < -0.39 is 6.04 Å². The molecule has 3 amide bonds. The van der Waals surface area contributed by atoms with Crippen LogP contribution in [0.5, 0.6) is 0 Å². The number of fused-ring (bicyclic) bond motifs is 3. The predicted molar refractivity (Wildman–Crippen MR) is 141 cm³/mol. The number of carbonyl (C=O) groups excluding carboxylic acids is 3. The molecule has 0 spiro atoms. The van der Waals surface area contributed by atoms with E-state index in [0.29, 0.717) is 22.5 Å². The summed E-state index contributed by atoms with van der Waals surface area (Å²) in [6.45, 7) is 0.531. The second kappa shape index (κ2) is 11.4. The molecule has 2 aromatic carbocycles. The van der Waals surface area contributed by atoms with E-state index in [9.17, 15) is 18.8 Å². The minimum atomic E-state index is -0.744. The van der Waals surface area contributed by atoms with Crippen LogP contribution in [0.2, 0.25) is 0 Å². The molecule has 0 radical (unpaired) electrons. The van der Waals surface area contributed by atoms with Crippen molar-refractivity contribution >= 4 is 46.2 Å². The number of halogens is 1. The lowest BCUT2D eigenvalue weighted by Gasteiger charge is -2.25. The highest BCUT2D eigenvalue weighted by atomic mass is 32.2. The third kappa shape index (κ3) is 5.83. The molecule has 0 saturated heterocycles. The number of benzene rings is 2. The normalized spacial score (nSPS) is 15.9. The fourth-order valence-electron chi connectivity index (χ4n) is 4.03. The molecule has 194 valence electrons. The largest absolute Gasteiger partial charge is 0.467 e. The summed E-state index contributed by atoms with van der Waals surface area (Å²) in [5, 5.41) is 5.93. The summed E-state index contributed by atoms with van der Waals surface area (Å²) in [5.74, 6) is 0.0684. The number of thioether (sulfide) groups is 1. The number of rotatable bonds is 9. The second-order valence-corrected chi connectivity index (χ2v) is 9.58. The Morgan fingerprint density at radius 3 is 2.58 bits per heavy atom. The number of para-hydroxylation sites is 1. The van der Waals surface area contributed by atoms with Crippen molar-refractivity contribution in [1.82, 2.24) is 15.5 Å². The third-order valence-corrected chi connectivity index (χ3v) is 6.91. The Balaban J connectivity index is 1.21. The number of amides is 3. The number of carbonyl (C=O) groups is 3. The van der Waals surface area contributed by atoms with Crippen molar-refractivity contribution in [3.63, 3.8) is 0 Å². The minimum absolute atomic E-state index is 0.0508. The number of hydrogen-bond acceptors (Lipinski definition) is 7. The van der Waals surface area contributed by atoms with Crippen molar-refractivity contribution in [1.29, 1.82) is 0 Å². The molecule has 5 rings (SSSR count). The third-order valence-electron chi connectivity index (χ3n) is 5.97. The van der Waals surface area contributed by atoms with Crippen molar-refractivity contribution in [3.05, 3.63) is 89.6 Å². The summed E-state index contributed by atoms with van der Waals surface area (Å²) >= 11 is 1.15. The van der Waals surface area contributed by atoms with Gasteiger partial charge in [0.2, 0.25) is 11.8 Å². The first kappa shape index (κ1) is 25.4. The van der Waals surface area contributed by atoms with Crippen LogP contribution in [0.4, 0.5) is 10.1 Å². The molecule has 1 atom stereocenters. The molecule has 3 heterocycles. The maximum atomic E-state index is 13.3. The molecular weight excluding hydrogens is 509 g/mol. The highest BCUT2D eigenvalue weighted by molar-refractivity contribution is 8.14. The molecule has 11 heteroatoms. The first-order chi connectivity index (χ1) is 18.5. The van der Waals surface area contributed by atoms with Gasteiger partial charge in [-0.15, -0.1) is 0 Å². The molecule has 2 aliphatic rings. The van der Waals surface area contributed by atoms with Crippen LogP contribution < -0.4 is 10.6 Å². The van der Waals surface area contributed by atoms with Crippen LogP contribution in [-0.2, 0) is 27.5 Å². The van der Waals surface area contributed by atoms with Gasteiger partial charge in [0.15, 0.2) is 5.17 Å². The number of furan rings is 1. The SMILES string of the molecule is O=C(CCC1N=C2c3ccccc3N=C(SCC(=O)NCc3ccco3)N2C1=O)NCc1ccc(F)cc1. The lowest BCUT2D eigenvalue weighted by molar-refractivity contribution is -0.125. The maximum absolute atomic E-state index is 13.3. The highest BCUT2D eigenvalue weighted by Gasteiger charge is 2.41. The van der Waals surface area contributed by atoms with Crippen LogP contribution in [0.15, 0.2) is 81.3 Å². The Bertz CT molecular complexity index is 1410. The van der Waals surface area contributed by atoms with Crippen LogP contribution in [0, 0.1) is 5.82 Å². The van der Waals surface area contributed by atoms with Crippen LogP contribution >= 0.6 is 11.8 Å². The minimum Gasteiger partial charge on any atom is -0.467 e. The standard InChI is InChI=1S/C27H24FN5O4S/c28-18-9-7-17(8-10-18)14-29-23(34)12-11-22-26(36)33-25(31-22)20-5-1-2-6-21(20)32-27(33)38-16-24(35)30-15-19-4-3-13-37-19/h1-10,13,22H,11-12,14-16H2,(H,29,34)(H,30,35). The number of aliphatic imine (C=N–C) groups is 2. The fraction of sp³-hybridized carbons (Fsp3) is 0.222. The maximum Gasteiger partial charge on any atom is 0.259 e. The molecule has 1 unspecified atom stereocenters. The fourth-order valence-corrected chi connectivity index (χ4v) is 4.86. The molecule has 2 N–H and O–H groups in total. The summed E-state index contributed by atoms with van der Waals surface area (Å²) in [7, 11) is 0. The zero-order valence-electron chi connectivity index (χ0n) is 20.2. The van der Waals surface area contributed by atoms with E-state index in [1.807, 2.05) is 24.3 Å². The van der Waals surface area contributed by atoms with Crippen molar-refractivity contribution in [2.24, 2.45) is 9.98 Å². The van der Waals surface area contributed by atoms with Gasteiger partial charge in [-0.05, 0) is 48.4 Å². The Labute approximate surface area is 222 Å². The van der Waals surface area contributed by atoms with Crippen LogP contribution in [0.25, 0.3) is 0 Å². The van der Waals surface area contributed by atoms with Crippen LogP contribution in [0.3, 0.4) is 0 Å². The van der Waals surface area contributed by atoms with Crippen molar-refractivity contribution in [2.75, 3.05) is 5.75 Å². The van der Waals surface area contributed by atoms with Crippen molar-refractivity contribution in [3.8, 4) is 0 Å². The molecule has 3 aromatic rings. The second-order valence-electron chi connectivity index (χ2n) is 8.64. The molecule has 0 saturated carbocycles. The van der Waals surface area contributed by atoms with E-state index in [2.05, 4.69) is 20.6 Å². The lowest BCUT2D eigenvalue weighted by atomic mass is 10.1. The van der Waals surface area contributed by atoms with E-state index in [0.717, 1.165) is 22.9 Å². The van der Waals surface area contributed by atoms with Gasteiger partial charge >= 0.3 is 0 Å². The number of amidine groups is 2. The van der Waals surface area contributed by atoms with Crippen LogP contribution in [-0.4, -0.2) is 45.4 Å². The van der Waals surface area contributed by atoms with Crippen LogP contribution in [0.1, 0.15) is 29.7 Å². The first-order valence-electron chi connectivity index (χ1n) is 12.0. The smallest absolute Gasteiger partial charge is 0.259 e. The summed E-state index contributed by atoms with van der Waals surface area (Å²) < 4.78 is 18.3. The monoisotopic (exact) mass is 533 g/mol.